The average molecular weight is 343 g/mol. The highest BCUT2D eigenvalue weighted by Crippen LogP contribution is 2.18. The maximum absolute atomic E-state index is 12.4. The Kier molecular flexibility index (Phi) is 6.31. The van der Waals surface area contributed by atoms with Crippen molar-refractivity contribution in [2.75, 3.05) is 25.0 Å². The summed E-state index contributed by atoms with van der Waals surface area (Å²) in [6.07, 6.45) is 9.25. The van der Waals surface area contributed by atoms with Crippen molar-refractivity contribution in [3.05, 3.63) is 29.8 Å². The molecule has 1 saturated carbocycles. The van der Waals surface area contributed by atoms with Crippen LogP contribution in [-0.4, -0.2) is 42.4 Å². The lowest BCUT2D eigenvalue weighted by atomic mass is 9.95. The molecule has 0 unspecified atom stereocenters. The Morgan fingerprint density at radius 2 is 1.72 bits per heavy atom. The molecule has 2 amide bonds. The molecule has 0 radical (unpaired) electrons. The molecule has 0 bridgehead atoms. The Morgan fingerprint density at radius 1 is 1.00 bits per heavy atom. The fourth-order valence-electron chi connectivity index (χ4n) is 3.72. The van der Waals surface area contributed by atoms with Crippen molar-refractivity contribution in [2.45, 2.75) is 57.4 Å². The second-order valence-electron chi connectivity index (χ2n) is 7.18. The highest BCUT2D eigenvalue weighted by molar-refractivity contribution is 5.95. The molecule has 0 aromatic heterocycles. The molecule has 5 nitrogen and oxygen atoms in total. The number of nitrogens with one attached hydrogen (secondary N) is 2. The topological polar surface area (TPSA) is 61.4 Å². The van der Waals surface area contributed by atoms with E-state index in [0.717, 1.165) is 44.5 Å². The highest BCUT2D eigenvalue weighted by Gasteiger charge is 2.18. The number of likely N-dealkylation sites (tertiary alicyclic amines) is 1. The number of anilines is 1. The Hall–Kier alpha value is -2.04. The molecule has 25 heavy (non-hydrogen) atoms. The number of amides is 2. The van der Waals surface area contributed by atoms with Crippen molar-refractivity contribution in [1.82, 2.24) is 10.2 Å². The van der Waals surface area contributed by atoms with Crippen LogP contribution in [0.4, 0.5) is 5.69 Å². The van der Waals surface area contributed by atoms with E-state index in [4.69, 9.17) is 0 Å². The summed E-state index contributed by atoms with van der Waals surface area (Å²) >= 11 is 0. The van der Waals surface area contributed by atoms with Crippen molar-refractivity contribution in [3.8, 4) is 0 Å². The van der Waals surface area contributed by atoms with Crippen LogP contribution in [0.1, 0.15) is 61.7 Å². The summed E-state index contributed by atoms with van der Waals surface area (Å²) in [6, 6.07) is 7.74. The molecule has 1 aromatic carbocycles. The van der Waals surface area contributed by atoms with Crippen LogP contribution >= 0.6 is 0 Å². The summed E-state index contributed by atoms with van der Waals surface area (Å²) in [6.45, 7) is 2.02. The molecule has 2 aliphatic rings. The molecule has 1 heterocycles. The Labute approximate surface area is 150 Å². The van der Waals surface area contributed by atoms with E-state index in [1.54, 1.807) is 0 Å². The van der Waals surface area contributed by atoms with Gasteiger partial charge in [0.1, 0.15) is 0 Å². The van der Waals surface area contributed by atoms with Crippen molar-refractivity contribution in [3.63, 3.8) is 0 Å². The summed E-state index contributed by atoms with van der Waals surface area (Å²) in [4.78, 5) is 26.6. The Morgan fingerprint density at radius 3 is 2.48 bits per heavy atom. The predicted octanol–water partition coefficient (Wildman–Crippen LogP) is 3.17. The number of nitrogens with zero attached hydrogens (tertiary/aromatic N) is 1. The van der Waals surface area contributed by atoms with Gasteiger partial charge in [-0.25, -0.2) is 0 Å². The molecule has 2 N–H and O–H groups in total. The summed E-state index contributed by atoms with van der Waals surface area (Å²) in [5.74, 6) is 0.120. The molecular formula is C20H29N3O2. The first-order valence-electron chi connectivity index (χ1n) is 9.65. The van der Waals surface area contributed by atoms with Crippen molar-refractivity contribution < 1.29 is 9.59 Å². The zero-order valence-electron chi connectivity index (χ0n) is 14.9. The summed E-state index contributed by atoms with van der Waals surface area (Å²) in [5.41, 5.74) is 1.47. The number of rotatable bonds is 5. The fraction of sp³-hybridized carbons (Fsp3) is 0.600. The van der Waals surface area contributed by atoms with Gasteiger partial charge in [-0.3, -0.25) is 9.59 Å². The summed E-state index contributed by atoms with van der Waals surface area (Å²) in [7, 11) is 0. The number of hydrogen-bond acceptors (Lipinski definition) is 3. The van der Waals surface area contributed by atoms with E-state index in [1.807, 2.05) is 29.2 Å². The van der Waals surface area contributed by atoms with Crippen LogP contribution in [0.15, 0.2) is 24.3 Å². The molecule has 3 rings (SSSR count). The minimum atomic E-state index is -0.0158. The molecule has 0 atom stereocenters. The van der Waals surface area contributed by atoms with E-state index in [9.17, 15) is 9.59 Å². The van der Waals surface area contributed by atoms with Gasteiger partial charge in [0, 0.05) is 30.4 Å². The van der Waals surface area contributed by atoms with Crippen molar-refractivity contribution in [1.29, 1.82) is 0 Å². The van der Waals surface area contributed by atoms with E-state index in [0.29, 0.717) is 11.6 Å². The van der Waals surface area contributed by atoms with Crippen molar-refractivity contribution in [2.24, 2.45) is 0 Å². The largest absolute Gasteiger partial charge is 0.376 e. The smallest absolute Gasteiger partial charge is 0.251 e. The minimum absolute atomic E-state index is 0.0158. The van der Waals surface area contributed by atoms with Gasteiger partial charge in [0.05, 0.1) is 6.54 Å². The molecule has 1 aliphatic carbocycles. The Balaban J connectivity index is 1.51. The zero-order valence-corrected chi connectivity index (χ0v) is 14.9. The number of carbonyl (C=O) groups is 2. The molecule has 5 heteroatoms. The van der Waals surface area contributed by atoms with Gasteiger partial charge >= 0.3 is 0 Å². The molecule has 1 saturated heterocycles. The van der Waals surface area contributed by atoms with Gasteiger partial charge in [-0.15, -0.1) is 0 Å². The lowest BCUT2D eigenvalue weighted by molar-refractivity contribution is -0.130. The normalized spacial score (nSPS) is 18.6. The van der Waals surface area contributed by atoms with Gasteiger partial charge in [-0.1, -0.05) is 25.3 Å². The maximum Gasteiger partial charge on any atom is 0.251 e. The maximum atomic E-state index is 12.4. The monoisotopic (exact) mass is 343 g/mol. The predicted molar refractivity (Wildman–Crippen MR) is 99.7 cm³/mol. The second-order valence-corrected chi connectivity index (χ2v) is 7.18. The third-order valence-electron chi connectivity index (χ3n) is 5.22. The van der Waals surface area contributed by atoms with Gasteiger partial charge in [-0.05, 0) is 50.3 Å². The molecule has 1 aliphatic heterocycles. The van der Waals surface area contributed by atoms with E-state index in [1.165, 1.54) is 25.7 Å². The number of piperidine rings is 1. The number of carbonyl (C=O) groups excluding carboxylic acids is 2. The van der Waals surface area contributed by atoms with E-state index >= 15 is 0 Å². The number of benzene rings is 1. The molecule has 0 spiro atoms. The van der Waals surface area contributed by atoms with Crippen LogP contribution in [0.3, 0.4) is 0 Å². The van der Waals surface area contributed by atoms with Gasteiger partial charge in [-0.2, -0.15) is 0 Å². The van der Waals surface area contributed by atoms with E-state index in [-0.39, 0.29) is 18.4 Å². The molecule has 1 aromatic rings. The van der Waals surface area contributed by atoms with E-state index < -0.39 is 0 Å². The standard InChI is InChI=1S/C20H29N3O2/c24-19(23-12-5-2-6-13-23)15-21-18-11-7-8-16(14-18)20(25)22-17-9-3-1-4-10-17/h7-8,11,14,17,21H,1-6,9-10,12-13,15H2,(H,22,25). The van der Waals surface area contributed by atoms with Crippen LogP contribution in [0.25, 0.3) is 0 Å². The summed E-state index contributed by atoms with van der Waals surface area (Å²) in [5, 5.41) is 6.31. The van der Waals surface area contributed by atoms with E-state index in [2.05, 4.69) is 10.6 Å². The third kappa shape index (κ3) is 5.21. The molecular weight excluding hydrogens is 314 g/mol. The highest BCUT2D eigenvalue weighted by atomic mass is 16.2. The average Bonchev–Trinajstić information content (AvgIpc) is 2.68. The van der Waals surface area contributed by atoms with Crippen LogP contribution in [-0.2, 0) is 4.79 Å². The quantitative estimate of drug-likeness (QED) is 0.863. The van der Waals surface area contributed by atoms with Crippen LogP contribution in [0.2, 0.25) is 0 Å². The summed E-state index contributed by atoms with van der Waals surface area (Å²) < 4.78 is 0. The molecule has 2 fully saturated rings. The number of hydrogen-bond donors (Lipinski definition) is 2. The van der Waals surface area contributed by atoms with Crippen LogP contribution in [0, 0.1) is 0 Å². The lowest BCUT2D eigenvalue weighted by Crippen LogP contribution is -2.39. The SMILES string of the molecule is O=C(NC1CCCCC1)c1cccc(NCC(=O)N2CCCCC2)c1. The Bertz CT molecular complexity index is 590. The lowest BCUT2D eigenvalue weighted by Gasteiger charge is -2.27. The molecule has 136 valence electrons. The van der Waals surface area contributed by atoms with Crippen LogP contribution in [0.5, 0.6) is 0 Å². The van der Waals surface area contributed by atoms with Gasteiger partial charge in [0.15, 0.2) is 0 Å². The van der Waals surface area contributed by atoms with Gasteiger partial charge in [0.25, 0.3) is 5.91 Å². The minimum Gasteiger partial charge on any atom is -0.376 e. The van der Waals surface area contributed by atoms with Gasteiger partial charge in [0.2, 0.25) is 5.91 Å². The first kappa shape index (κ1) is 17.8. The third-order valence-corrected chi connectivity index (χ3v) is 5.22. The zero-order chi connectivity index (χ0) is 17.5. The van der Waals surface area contributed by atoms with Crippen LogP contribution < -0.4 is 10.6 Å². The first-order chi connectivity index (χ1) is 12.2. The second kappa shape index (κ2) is 8.88. The van der Waals surface area contributed by atoms with Gasteiger partial charge < -0.3 is 15.5 Å². The fourth-order valence-corrected chi connectivity index (χ4v) is 3.72. The first-order valence-corrected chi connectivity index (χ1v) is 9.65. The van der Waals surface area contributed by atoms with Crippen molar-refractivity contribution >= 4 is 17.5 Å².